The van der Waals surface area contributed by atoms with Gasteiger partial charge in [-0.25, -0.2) is 14.8 Å². The summed E-state index contributed by atoms with van der Waals surface area (Å²) in [4.78, 5) is 27.8. The van der Waals surface area contributed by atoms with E-state index < -0.39 is 0 Å². The number of anilines is 3. The van der Waals surface area contributed by atoms with Crippen molar-refractivity contribution in [2.24, 2.45) is 0 Å². The molecule has 0 aliphatic carbocycles. The zero-order valence-corrected chi connectivity index (χ0v) is 18.2. The van der Waals surface area contributed by atoms with E-state index >= 15 is 0 Å². The van der Waals surface area contributed by atoms with E-state index in [0.29, 0.717) is 30.5 Å². The molecule has 2 aliphatic heterocycles. The number of hydrogen-bond donors (Lipinski definition) is 2. The molecule has 0 spiro atoms. The third-order valence-electron chi connectivity index (χ3n) is 5.48. The topological polar surface area (TPSA) is 85.9 Å². The molecule has 3 heterocycles. The molecule has 2 aromatic rings. The van der Waals surface area contributed by atoms with Crippen molar-refractivity contribution in [1.29, 1.82) is 0 Å². The number of ether oxygens (including phenoxy) is 1. The van der Waals surface area contributed by atoms with Crippen molar-refractivity contribution in [3.63, 3.8) is 0 Å². The molecule has 2 amide bonds. The van der Waals surface area contributed by atoms with Crippen molar-refractivity contribution in [2.75, 3.05) is 80.7 Å². The molecule has 4 rings (SSSR count). The van der Waals surface area contributed by atoms with E-state index in [9.17, 15) is 4.79 Å². The minimum absolute atomic E-state index is 0.229. The molecule has 0 unspecified atom stereocenters. The number of carbonyl (C=O) groups excluding carboxylic acids is 1. The quantitative estimate of drug-likeness (QED) is 0.702. The summed E-state index contributed by atoms with van der Waals surface area (Å²) in [5.74, 6) is 0.775. The summed E-state index contributed by atoms with van der Waals surface area (Å²) in [5, 5.41) is 6.50. The van der Waals surface area contributed by atoms with Gasteiger partial charge in [0.2, 0.25) is 5.95 Å². The number of carbonyl (C=O) groups is 1. The molecule has 2 aliphatic rings. The molecule has 0 bridgehead atoms. The number of aromatic nitrogens is 2. The number of urea groups is 1. The maximum atomic E-state index is 12.5. The third kappa shape index (κ3) is 5.96. The van der Waals surface area contributed by atoms with Crippen molar-refractivity contribution in [1.82, 2.24) is 20.2 Å². The maximum Gasteiger partial charge on any atom is 0.319 e. The highest BCUT2D eigenvalue weighted by Gasteiger charge is 2.19. The molecule has 2 saturated heterocycles. The van der Waals surface area contributed by atoms with Gasteiger partial charge in [-0.15, -0.1) is 0 Å². The zero-order chi connectivity index (χ0) is 21.5. The second-order valence-corrected chi connectivity index (χ2v) is 7.96. The molecule has 1 aromatic carbocycles. The number of hydrogen-bond acceptors (Lipinski definition) is 7. The van der Waals surface area contributed by atoms with Gasteiger partial charge in [0.05, 0.1) is 24.6 Å². The number of nitrogens with one attached hydrogen (secondary N) is 2. The van der Waals surface area contributed by atoms with E-state index in [1.54, 1.807) is 18.5 Å². The molecule has 2 N–H and O–H groups in total. The molecule has 10 heteroatoms. The number of halogens is 1. The van der Waals surface area contributed by atoms with E-state index in [1.807, 2.05) is 18.2 Å². The van der Waals surface area contributed by atoms with E-state index in [0.717, 1.165) is 57.4 Å². The highest BCUT2D eigenvalue weighted by molar-refractivity contribution is 6.31. The Hall–Kier alpha value is -2.62. The van der Waals surface area contributed by atoms with E-state index in [1.165, 1.54) is 0 Å². The summed E-state index contributed by atoms with van der Waals surface area (Å²) < 4.78 is 5.43. The fourth-order valence-electron chi connectivity index (χ4n) is 3.81. The molecule has 9 nitrogen and oxygen atoms in total. The number of nitrogens with zero attached hydrogens (tertiary/aromatic N) is 5. The van der Waals surface area contributed by atoms with Crippen LogP contribution in [0.2, 0.25) is 5.02 Å². The predicted molar refractivity (Wildman–Crippen MR) is 122 cm³/mol. The fraction of sp³-hybridized carbons (Fsp3) is 0.476. The number of rotatable bonds is 6. The first-order chi connectivity index (χ1) is 15.2. The molecule has 2 fully saturated rings. The zero-order valence-electron chi connectivity index (χ0n) is 17.5. The second kappa shape index (κ2) is 10.6. The number of benzene rings is 1. The number of morpholine rings is 1. The Kier molecular flexibility index (Phi) is 7.39. The van der Waals surface area contributed by atoms with E-state index in [-0.39, 0.29) is 6.03 Å². The Balaban J connectivity index is 1.23. The predicted octanol–water partition coefficient (Wildman–Crippen LogP) is 1.91. The minimum Gasteiger partial charge on any atom is -0.378 e. The molecular formula is C21H28ClN7O2. The largest absolute Gasteiger partial charge is 0.378 e. The van der Waals surface area contributed by atoms with Gasteiger partial charge < -0.3 is 25.2 Å². The molecule has 1 aromatic heterocycles. The Morgan fingerprint density at radius 2 is 1.77 bits per heavy atom. The van der Waals surface area contributed by atoms with Gasteiger partial charge in [0.15, 0.2) is 0 Å². The van der Waals surface area contributed by atoms with Gasteiger partial charge in [-0.1, -0.05) is 11.6 Å². The van der Waals surface area contributed by atoms with Crippen LogP contribution in [0.15, 0.2) is 36.7 Å². The lowest BCUT2D eigenvalue weighted by molar-refractivity contribution is 0.123. The molecule has 0 radical (unpaired) electrons. The molecule has 0 saturated carbocycles. The molecule has 166 valence electrons. The Morgan fingerprint density at radius 1 is 1.03 bits per heavy atom. The van der Waals surface area contributed by atoms with Gasteiger partial charge in [-0.05, 0) is 24.3 Å². The first-order valence-electron chi connectivity index (χ1n) is 10.6. The average molecular weight is 446 g/mol. The SMILES string of the molecule is O=C(NCCN1CCN(c2ncccn2)CC1)Nc1cc(Cl)ccc1N1CCOCC1. The van der Waals surface area contributed by atoms with Crippen LogP contribution in [0.3, 0.4) is 0 Å². The number of piperazine rings is 1. The Morgan fingerprint density at radius 3 is 2.52 bits per heavy atom. The van der Waals surface area contributed by atoms with Gasteiger partial charge in [0, 0.05) is 69.8 Å². The van der Waals surface area contributed by atoms with E-state index in [2.05, 4.69) is 35.3 Å². The van der Waals surface area contributed by atoms with Gasteiger partial charge in [-0.3, -0.25) is 4.90 Å². The summed E-state index contributed by atoms with van der Waals surface area (Å²) in [6.45, 7) is 7.88. The van der Waals surface area contributed by atoms with Crippen molar-refractivity contribution in [2.45, 2.75) is 0 Å². The Bertz CT molecular complexity index is 856. The monoisotopic (exact) mass is 445 g/mol. The van der Waals surface area contributed by atoms with Crippen LogP contribution in [0.1, 0.15) is 0 Å². The lowest BCUT2D eigenvalue weighted by Crippen LogP contribution is -2.49. The Labute approximate surface area is 187 Å². The van der Waals surface area contributed by atoms with Gasteiger partial charge in [-0.2, -0.15) is 0 Å². The summed E-state index contributed by atoms with van der Waals surface area (Å²) in [7, 11) is 0. The van der Waals surface area contributed by atoms with Crippen LogP contribution in [0, 0.1) is 0 Å². The van der Waals surface area contributed by atoms with Crippen LogP contribution in [0.5, 0.6) is 0 Å². The molecular weight excluding hydrogens is 418 g/mol. The van der Waals surface area contributed by atoms with Gasteiger partial charge >= 0.3 is 6.03 Å². The fourth-order valence-corrected chi connectivity index (χ4v) is 3.98. The first kappa shape index (κ1) is 21.6. The summed E-state index contributed by atoms with van der Waals surface area (Å²) in [6, 6.07) is 7.17. The smallest absolute Gasteiger partial charge is 0.319 e. The van der Waals surface area contributed by atoms with E-state index in [4.69, 9.17) is 16.3 Å². The number of amides is 2. The average Bonchev–Trinajstić information content (AvgIpc) is 2.81. The minimum atomic E-state index is -0.229. The molecule has 0 atom stereocenters. The summed E-state index contributed by atoms with van der Waals surface area (Å²) >= 11 is 6.17. The van der Waals surface area contributed by atoms with Crippen molar-refractivity contribution in [3.05, 3.63) is 41.7 Å². The van der Waals surface area contributed by atoms with Gasteiger partial charge in [0.1, 0.15) is 0 Å². The van der Waals surface area contributed by atoms with Crippen LogP contribution >= 0.6 is 11.6 Å². The van der Waals surface area contributed by atoms with Crippen molar-refractivity contribution in [3.8, 4) is 0 Å². The third-order valence-corrected chi connectivity index (χ3v) is 5.71. The van der Waals surface area contributed by atoms with Crippen molar-refractivity contribution >= 4 is 35.0 Å². The van der Waals surface area contributed by atoms with Crippen LogP contribution in [0.25, 0.3) is 0 Å². The lowest BCUT2D eigenvalue weighted by atomic mass is 10.2. The first-order valence-corrected chi connectivity index (χ1v) is 11.0. The summed E-state index contributed by atoms with van der Waals surface area (Å²) in [6.07, 6.45) is 3.53. The van der Waals surface area contributed by atoms with Crippen LogP contribution in [0.4, 0.5) is 22.1 Å². The maximum absolute atomic E-state index is 12.5. The normalized spacial score (nSPS) is 17.5. The van der Waals surface area contributed by atoms with Crippen LogP contribution in [-0.2, 0) is 4.74 Å². The highest BCUT2D eigenvalue weighted by atomic mass is 35.5. The van der Waals surface area contributed by atoms with Crippen LogP contribution in [-0.4, -0.2) is 86.5 Å². The molecule has 31 heavy (non-hydrogen) atoms. The lowest BCUT2D eigenvalue weighted by Gasteiger charge is -2.34. The summed E-state index contributed by atoms with van der Waals surface area (Å²) in [5.41, 5.74) is 1.67. The van der Waals surface area contributed by atoms with Crippen molar-refractivity contribution < 1.29 is 9.53 Å². The van der Waals surface area contributed by atoms with Gasteiger partial charge in [0.25, 0.3) is 0 Å². The van der Waals surface area contributed by atoms with Crippen LogP contribution < -0.4 is 20.4 Å². The highest BCUT2D eigenvalue weighted by Crippen LogP contribution is 2.29. The second-order valence-electron chi connectivity index (χ2n) is 7.52. The standard InChI is InChI=1S/C21H28ClN7O2/c22-17-2-3-19(28-12-14-31-15-13-28)18(16-17)26-21(30)25-6-7-27-8-10-29(11-9-27)20-23-4-1-5-24-20/h1-5,16H,6-15H2,(H2,25,26,30).